The molecule has 0 atom stereocenters. The molecule has 3 aromatic rings. The third-order valence-electron chi connectivity index (χ3n) is 5.16. The van der Waals surface area contributed by atoms with E-state index in [4.69, 9.17) is 0 Å². The molecule has 1 fully saturated rings. The summed E-state index contributed by atoms with van der Waals surface area (Å²) >= 11 is 0. The molecule has 0 unspecified atom stereocenters. The smallest absolute Gasteiger partial charge is 0.251 e. The van der Waals surface area contributed by atoms with E-state index < -0.39 is 0 Å². The Morgan fingerprint density at radius 3 is 2.79 bits per heavy atom. The van der Waals surface area contributed by atoms with Gasteiger partial charge in [-0.25, -0.2) is 0 Å². The van der Waals surface area contributed by atoms with Gasteiger partial charge < -0.3 is 15.6 Å². The van der Waals surface area contributed by atoms with Crippen molar-refractivity contribution >= 4 is 28.4 Å². The summed E-state index contributed by atoms with van der Waals surface area (Å²) in [6.07, 6.45) is 4.02. The Bertz CT molecular complexity index is 1020. The molecule has 1 aliphatic carbocycles. The first kappa shape index (κ1) is 19.2. The van der Waals surface area contributed by atoms with Crippen LogP contribution in [0.3, 0.4) is 0 Å². The van der Waals surface area contributed by atoms with Crippen molar-refractivity contribution in [2.75, 3.05) is 18.4 Å². The maximum atomic E-state index is 12.6. The fraction of sp³-hybridized carbons (Fsp3) is 0.304. The number of rotatable bonds is 8. The maximum absolute atomic E-state index is 12.6. The Hall–Kier alpha value is -3.12. The monoisotopic (exact) mass is 390 g/mol. The van der Waals surface area contributed by atoms with E-state index in [9.17, 15) is 9.59 Å². The maximum Gasteiger partial charge on any atom is 0.251 e. The quantitative estimate of drug-likeness (QED) is 0.551. The summed E-state index contributed by atoms with van der Waals surface area (Å²) in [6.45, 7) is 3.81. The number of nitrogens with one attached hydrogen (secondary N) is 3. The second-order valence-electron chi connectivity index (χ2n) is 7.58. The topological polar surface area (TPSA) is 77.2 Å². The van der Waals surface area contributed by atoms with Gasteiger partial charge >= 0.3 is 0 Å². The van der Waals surface area contributed by atoms with Crippen LogP contribution in [-0.2, 0) is 11.3 Å². The van der Waals surface area contributed by atoms with Crippen molar-refractivity contribution in [3.05, 3.63) is 65.9 Å². The van der Waals surface area contributed by atoms with E-state index in [-0.39, 0.29) is 11.8 Å². The lowest BCUT2D eigenvalue weighted by molar-refractivity contribution is -0.117. The van der Waals surface area contributed by atoms with Crippen LogP contribution in [0.4, 0.5) is 5.69 Å². The highest BCUT2D eigenvalue weighted by molar-refractivity contribution is 5.97. The second kappa shape index (κ2) is 8.49. The molecular formula is C23H26N4O2. The van der Waals surface area contributed by atoms with Crippen LogP contribution in [0, 0.1) is 0 Å². The zero-order valence-corrected chi connectivity index (χ0v) is 16.6. The average Bonchev–Trinajstić information content (AvgIpc) is 3.41. The van der Waals surface area contributed by atoms with Gasteiger partial charge in [0.15, 0.2) is 0 Å². The van der Waals surface area contributed by atoms with Crippen molar-refractivity contribution < 1.29 is 9.59 Å². The summed E-state index contributed by atoms with van der Waals surface area (Å²) < 4.78 is 0. The molecule has 4 rings (SSSR count). The van der Waals surface area contributed by atoms with Crippen LogP contribution in [0.1, 0.15) is 35.7 Å². The van der Waals surface area contributed by atoms with Crippen molar-refractivity contribution in [1.29, 1.82) is 0 Å². The Morgan fingerprint density at radius 1 is 1.14 bits per heavy atom. The van der Waals surface area contributed by atoms with Crippen LogP contribution >= 0.6 is 0 Å². The van der Waals surface area contributed by atoms with Gasteiger partial charge in [0.05, 0.1) is 6.54 Å². The minimum Gasteiger partial charge on any atom is -0.361 e. The van der Waals surface area contributed by atoms with Crippen LogP contribution in [0.5, 0.6) is 0 Å². The van der Waals surface area contributed by atoms with E-state index in [1.165, 1.54) is 10.9 Å². The number of fused-ring (bicyclic) bond motifs is 1. The summed E-state index contributed by atoms with van der Waals surface area (Å²) in [6, 6.07) is 15.8. The first-order chi connectivity index (χ1) is 14.1. The van der Waals surface area contributed by atoms with Crippen molar-refractivity contribution in [1.82, 2.24) is 15.2 Å². The number of aromatic nitrogens is 1. The van der Waals surface area contributed by atoms with E-state index in [0.29, 0.717) is 30.4 Å². The van der Waals surface area contributed by atoms with Crippen molar-refractivity contribution in [2.45, 2.75) is 32.4 Å². The van der Waals surface area contributed by atoms with Gasteiger partial charge in [-0.05, 0) is 66.7 Å². The SMILES string of the molecule is CCN(CC(=O)Nc1cccc(C(=O)NC2CC2)c1)Cc1ccc2[nH]ccc2c1. The van der Waals surface area contributed by atoms with Crippen LogP contribution in [0.2, 0.25) is 0 Å². The van der Waals surface area contributed by atoms with E-state index >= 15 is 0 Å². The van der Waals surface area contributed by atoms with Crippen LogP contribution in [-0.4, -0.2) is 40.8 Å². The average molecular weight is 390 g/mol. The third kappa shape index (κ3) is 5.03. The molecule has 6 heteroatoms. The summed E-state index contributed by atoms with van der Waals surface area (Å²) in [7, 11) is 0. The normalized spacial score (nSPS) is 13.6. The fourth-order valence-corrected chi connectivity index (χ4v) is 3.38. The number of amides is 2. The predicted molar refractivity (Wildman–Crippen MR) is 115 cm³/mol. The lowest BCUT2D eigenvalue weighted by atomic mass is 10.1. The van der Waals surface area contributed by atoms with Crippen LogP contribution < -0.4 is 10.6 Å². The molecule has 1 aromatic heterocycles. The molecular weight excluding hydrogens is 364 g/mol. The summed E-state index contributed by atoms with van der Waals surface area (Å²) in [5.41, 5.74) is 3.50. The molecule has 0 aliphatic heterocycles. The lowest BCUT2D eigenvalue weighted by Gasteiger charge is -2.20. The van der Waals surface area contributed by atoms with Gasteiger partial charge in [-0.3, -0.25) is 14.5 Å². The van der Waals surface area contributed by atoms with E-state index in [2.05, 4.69) is 38.7 Å². The number of benzene rings is 2. The zero-order chi connectivity index (χ0) is 20.2. The molecule has 3 N–H and O–H groups in total. The van der Waals surface area contributed by atoms with Crippen LogP contribution in [0.15, 0.2) is 54.7 Å². The number of hydrogen-bond acceptors (Lipinski definition) is 3. The van der Waals surface area contributed by atoms with E-state index in [1.807, 2.05) is 25.3 Å². The molecule has 0 bridgehead atoms. The van der Waals surface area contributed by atoms with Gasteiger partial charge in [-0.2, -0.15) is 0 Å². The van der Waals surface area contributed by atoms with Gasteiger partial charge in [0, 0.05) is 35.6 Å². The van der Waals surface area contributed by atoms with Gasteiger partial charge in [0.2, 0.25) is 5.91 Å². The predicted octanol–water partition coefficient (Wildman–Crippen LogP) is 3.52. The van der Waals surface area contributed by atoms with Crippen molar-refractivity contribution in [3.8, 4) is 0 Å². The standard InChI is InChI=1S/C23H26N4O2/c1-2-27(14-16-6-9-21-17(12-16)10-11-24-21)15-22(28)25-20-5-3-4-18(13-20)23(29)26-19-7-8-19/h3-6,9-13,19,24H,2,7-8,14-15H2,1H3,(H,25,28)(H,26,29). The number of carbonyl (C=O) groups is 2. The third-order valence-corrected chi connectivity index (χ3v) is 5.16. The number of aromatic amines is 1. The molecule has 1 aliphatic rings. The van der Waals surface area contributed by atoms with E-state index in [1.54, 1.807) is 18.2 Å². The van der Waals surface area contributed by atoms with Gasteiger partial charge in [-0.15, -0.1) is 0 Å². The molecule has 1 heterocycles. The first-order valence-corrected chi connectivity index (χ1v) is 10.1. The van der Waals surface area contributed by atoms with Crippen LogP contribution in [0.25, 0.3) is 10.9 Å². The van der Waals surface area contributed by atoms with Gasteiger partial charge in [0.25, 0.3) is 5.91 Å². The molecule has 0 saturated heterocycles. The number of nitrogens with zero attached hydrogens (tertiary/aromatic N) is 1. The van der Waals surface area contributed by atoms with Crippen molar-refractivity contribution in [2.24, 2.45) is 0 Å². The largest absolute Gasteiger partial charge is 0.361 e. The Kier molecular flexibility index (Phi) is 5.62. The number of likely N-dealkylation sites (N-methyl/N-ethyl adjacent to an activating group) is 1. The molecule has 2 aromatic carbocycles. The summed E-state index contributed by atoms with van der Waals surface area (Å²) in [5, 5.41) is 7.06. The van der Waals surface area contributed by atoms with Gasteiger partial charge in [0.1, 0.15) is 0 Å². The Balaban J connectivity index is 1.35. The highest BCUT2D eigenvalue weighted by Crippen LogP contribution is 2.20. The minimum atomic E-state index is -0.0886. The Labute approximate surface area is 170 Å². The molecule has 0 radical (unpaired) electrons. The lowest BCUT2D eigenvalue weighted by Crippen LogP contribution is -2.32. The number of carbonyl (C=O) groups excluding carboxylic acids is 2. The molecule has 150 valence electrons. The number of H-pyrrole nitrogens is 1. The summed E-state index contributed by atoms with van der Waals surface area (Å²) in [4.78, 5) is 30.0. The molecule has 29 heavy (non-hydrogen) atoms. The van der Waals surface area contributed by atoms with Gasteiger partial charge in [-0.1, -0.05) is 19.1 Å². The summed E-state index contributed by atoms with van der Waals surface area (Å²) in [5.74, 6) is -0.173. The Morgan fingerprint density at radius 2 is 2.00 bits per heavy atom. The molecule has 1 saturated carbocycles. The molecule has 2 amide bonds. The van der Waals surface area contributed by atoms with Crippen molar-refractivity contribution in [3.63, 3.8) is 0 Å². The molecule has 6 nitrogen and oxygen atoms in total. The fourth-order valence-electron chi connectivity index (χ4n) is 3.38. The zero-order valence-electron chi connectivity index (χ0n) is 16.6. The minimum absolute atomic E-state index is 0.0843. The highest BCUT2D eigenvalue weighted by Gasteiger charge is 2.23. The number of anilines is 1. The second-order valence-corrected chi connectivity index (χ2v) is 7.58. The first-order valence-electron chi connectivity index (χ1n) is 10.1. The van der Waals surface area contributed by atoms with E-state index in [0.717, 1.165) is 24.9 Å². The highest BCUT2D eigenvalue weighted by atomic mass is 16.2. The molecule has 0 spiro atoms. The number of hydrogen-bond donors (Lipinski definition) is 3.